The van der Waals surface area contributed by atoms with Crippen LogP contribution in [-0.4, -0.2) is 11.5 Å². The summed E-state index contributed by atoms with van der Waals surface area (Å²) >= 11 is 0. The second-order valence-corrected chi connectivity index (χ2v) is 4.02. The topological polar surface area (TPSA) is 47.3 Å². The summed E-state index contributed by atoms with van der Waals surface area (Å²) in [5.74, 6) is 1.71. The Labute approximate surface area is 107 Å². The first-order valence-corrected chi connectivity index (χ1v) is 6.19. The van der Waals surface area contributed by atoms with E-state index in [2.05, 4.69) is 17.2 Å². The highest BCUT2D eigenvalue weighted by Crippen LogP contribution is 2.14. The van der Waals surface area contributed by atoms with Crippen molar-refractivity contribution in [3.05, 3.63) is 48.2 Å². The van der Waals surface area contributed by atoms with Crippen LogP contribution in [0.15, 0.2) is 41.3 Å². The maximum atomic E-state index is 5.65. The Hall–Kier alpha value is -1.81. The van der Waals surface area contributed by atoms with Crippen LogP contribution >= 0.6 is 0 Å². The molecule has 0 bridgehead atoms. The highest BCUT2D eigenvalue weighted by Gasteiger charge is 2.06. The predicted molar refractivity (Wildman–Crippen MR) is 69.3 cm³/mol. The van der Waals surface area contributed by atoms with Gasteiger partial charge in [0.25, 0.3) is 0 Å². The molecule has 0 unspecified atom stereocenters. The Balaban J connectivity index is 1.87. The Morgan fingerprint density at radius 1 is 1.39 bits per heavy atom. The average molecular weight is 246 g/mol. The van der Waals surface area contributed by atoms with Crippen molar-refractivity contribution in [2.75, 3.05) is 6.54 Å². The van der Waals surface area contributed by atoms with Crippen LogP contribution in [0.5, 0.6) is 5.75 Å². The number of ether oxygens (including phenoxy) is 1. The van der Waals surface area contributed by atoms with E-state index in [1.807, 2.05) is 18.2 Å². The molecule has 0 atom stereocenters. The SMILES string of the molecule is CCCNCc1occc1COc1cccnc1. The second-order valence-electron chi connectivity index (χ2n) is 4.02. The van der Waals surface area contributed by atoms with Gasteiger partial charge in [-0.2, -0.15) is 0 Å². The lowest BCUT2D eigenvalue weighted by Gasteiger charge is -2.06. The third-order valence-electron chi connectivity index (χ3n) is 2.58. The average Bonchev–Trinajstić information content (AvgIpc) is 2.86. The summed E-state index contributed by atoms with van der Waals surface area (Å²) in [5.41, 5.74) is 1.07. The number of aromatic nitrogens is 1. The Kier molecular flexibility index (Phi) is 4.78. The molecule has 0 fully saturated rings. The van der Waals surface area contributed by atoms with Gasteiger partial charge in [-0.1, -0.05) is 6.92 Å². The molecule has 0 aliphatic heterocycles. The molecule has 2 rings (SSSR count). The normalized spacial score (nSPS) is 10.5. The molecule has 4 nitrogen and oxygen atoms in total. The Bertz CT molecular complexity index is 454. The molecule has 0 amide bonds. The van der Waals surface area contributed by atoms with E-state index in [0.717, 1.165) is 36.6 Å². The molecule has 0 aromatic carbocycles. The summed E-state index contributed by atoms with van der Waals surface area (Å²) in [6.07, 6.45) is 6.24. The minimum atomic E-state index is 0.505. The zero-order valence-electron chi connectivity index (χ0n) is 10.6. The van der Waals surface area contributed by atoms with Crippen molar-refractivity contribution in [2.24, 2.45) is 0 Å². The van der Waals surface area contributed by atoms with Gasteiger partial charge in [-0.15, -0.1) is 0 Å². The lowest BCUT2D eigenvalue weighted by atomic mass is 10.2. The lowest BCUT2D eigenvalue weighted by Crippen LogP contribution is -2.14. The van der Waals surface area contributed by atoms with Gasteiger partial charge in [0.1, 0.15) is 18.1 Å². The monoisotopic (exact) mass is 246 g/mol. The van der Waals surface area contributed by atoms with E-state index in [-0.39, 0.29) is 0 Å². The van der Waals surface area contributed by atoms with Crippen LogP contribution in [0.4, 0.5) is 0 Å². The van der Waals surface area contributed by atoms with Gasteiger partial charge < -0.3 is 14.5 Å². The largest absolute Gasteiger partial charge is 0.487 e. The molecule has 1 N–H and O–H groups in total. The molecule has 0 saturated carbocycles. The summed E-state index contributed by atoms with van der Waals surface area (Å²) in [6.45, 7) is 4.38. The maximum absolute atomic E-state index is 5.65. The van der Waals surface area contributed by atoms with E-state index in [0.29, 0.717) is 6.61 Å². The predicted octanol–water partition coefficient (Wildman–Crippen LogP) is 2.75. The highest BCUT2D eigenvalue weighted by atomic mass is 16.5. The minimum Gasteiger partial charge on any atom is -0.487 e. The third kappa shape index (κ3) is 3.60. The summed E-state index contributed by atoms with van der Waals surface area (Å²) < 4.78 is 11.1. The third-order valence-corrected chi connectivity index (χ3v) is 2.58. The van der Waals surface area contributed by atoms with Gasteiger partial charge in [-0.25, -0.2) is 0 Å². The number of rotatable bonds is 7. The lowest BCUT2D eigenvalue weighted by molar-refractivity contribution is 0.300. The molecular weight excluding hydrogens is 228 g/mol. The van der Waals surface area contributed by atoms with Crippen LogP contribution in [0.1, 0.15) is 24.7 Å². The van der Waals surface area contributed by atoms with Crippen molar-refractivity contribution in [3.63, 3.8) is 0 Å². The van der Waals surface area contributed by atoms with Gasteiger partial charge in [0.05, 0.1) is 19.0 Å². The number of hydrogen-bond acceptors (Lipinski definition) is 4. The quantitative estimate of drug-likeness (QED) is 0.763. The van der Waals surface area contributed by atoms with Crippen molar-refractivity contribution < 1.29 is 9.15 Å². The summed E-state index contributed by atoms with van der Waals surface area (Å²) in [6, 6.07) is 5.69. The Morgan fingerprint density at radius 2 is 2.33 bits per heavy atom. The second kappa shape index (κ2) is 6.81. The smallest absolute Gasteiger partial charge is 0.138 e. The van der Waals surface area contributed by atoms with Crippen LogP contribution < -0.4 is 10.1 Å². The van der Waals surface area contributed by atoms with Gasteiger partial charge in [-0.3, -0.25) is 4.98 Å². The van der Waals surface area contributed by atoms with Crippen LogP contribution in [-0.2, 0) is 13.2 Å². The van der Waals surface area contributed by atoms with Crippen LogP contribution in [0.3, 0.4) is 0 Å². The minimum absolute atomic E-state index is 0.505. The molecule has 18 heavy (non-hydrogen) atoms. The standard InChI is InChI=1S/C14H18N2O2/c1-2-6-15-10-14-12(5-8-17-14)11-18-13-4-3-7-16-9-13/h3-5,7-9,15H,2,6,10-11H2,1H3. The van der Waals surface area contributed by atoms with E-state index >= 15 is 0 Å². The maximum Gasteiger partial charge on any atom is 0.138 e. The van der Waals surface area contributed by atoms with Crippen molar-refractivity contribution >= 4 is 0 Å². The zero-order valence-corrected chi connectivity index (χ0v) is 10.6. The first kappa shape index (κ1) is 12.6. The van der Waals surface area contributed by atoms with Gasteiger partial charge in [-0.05, 0) is 31.2 Å². The van der Waals surface area contributed by atoms with Crippen molar-refractivity contribution in [1.29, 1.82) is 0 Å². The van der Waals surface area contributed by atoms with Crippen molar-refractivity contribution in [1.82, 2.24) is 10.3 Å². The first-order chi connectivity index (χ1) is 8.90. The molecule has 0 saturated heterocycles. The number of furan rings is 1. The number of pyridine rings is 1. The van der Waals surface area contributed by atoms with E-state index < -0.39 is 0 Å². The zero-order chi connectivity index (χ0) is 12.6. The molecule has 0 spiro atoms. The molecular formula is C14H18N2O2. The van der Waals surface area contributed by atoms with Gasteiger partial charge >= 0.3 is 0 Å². The van der Waals surface area contributed by atoms with Gasteiger partial charge in [0, 0.05) is 11.8 Å². The van der Waals surface area contributed by atoms with Gasteiger partial charge in [0.2, 0.25) is 0 Å². The van der Waals surface area contributed by atoms with Gasteiger partial charge in [0.15, 0.2) is 0 Å². The fourth-order valence-electron chi connectivity index (χ4n) is 1.62. The summed E-state index contributed by atoms with van der Waals surface area (Å²) in [5, 5.41) is 3.31. The van der Waals surface area contributed by atoms with Crippen molar-refractivity contribution in [3.8, 4) is 5.75 Å². The fraction of sp³-hybridized carbons (Fsp3) is 0.357. The van der Waals surface area contributed by atoms with Crippen LogP contribution in [0.2, 0.25) is 0 Å². The molecule has 2 heterocycles. The van der Waals surface area contributed by atoms with Crippen LogP contribution in [0.25, 0.3) is 0 Å². The van der Waals surface area contributed by atoms with E-state index in [4.69, 9.17) is 9.15 Å². The molecule has 96 valence electrons. The molecule has 4 heteroatoms. The Morgan fingerprint density at radius 3 is 3.11 bits per heavy atom. The number of nitrogens with one attached hydrogen (secondary N) is 1. The van der Waals surface area contributed by atoms with E-state index in [1.165, 1.54) is 0 Å². The van der Waals surface area contributed by atoms with Crippen molar-refractivity contribution in [2.45, 2.75) is 26.5 Å². The number of hydrogen-bond donors (Lipinski definition) is 1. The summed E-state index contributed by atoms with van der Waals surface area (Å²) in [4.78, 5) is 4.01. The molecule has 2 aromatic rings. The van der Waals surface area contributed by atoms with Crippen LogP contribution in [0, 0.1) is 0 Å². The van der Waals surface area contributed by atoms with E-state index in [9.17, 15) is 0 Å². The summed E-state index contributed by atoms with van der Waals surface area (Å²) in [7, 11) is 0. The molecule has 0 radical (unpaired) electrons. The fourth-order valence-corrected chi connectivity index (χ4v) is 1.62. The van der Waals surface area contributed by atoms with E-state index in [1.54, 1.807) is 18.7 Å². The molecule has 0 aliphatic rings. The molecule has 2 aromatic heterocycles. The number of nitrogens with zero attached hydrogens (tertiary/aromatic N) is 1. The molecule has 0 aliphatic carbocycles. The highest BCUT2D eigenvalue weighted by molar-refractivity contribution is 5.19. The first-order valence-electron chi connectivity index (χ1n) is 6.19.